The van der Waals surface area contributed by atoms with E-state index in [1.807, 2.05) is 0 Å². The van der Waals surface area contributed by atoms with E-state index in [9.17, 15) is 17.6 Å². The Morgan fingerprint density at radius 2 is 1.86 bits per heavy atom. The highest BCUT2D eigenvalue weighted by molar-refractivity contribution is 7.89. The summed E-state index contributed by atoms with van der Waals surface area (Å²) in [5, 5.41) is 13.4. The fourth-order valence-electron chi connectivity index (χ4n) is 2.61. The Hall–Kier alpha value is -3.05. The van der Waals surface area contributed by atoms with Crippen molar-refractivity contribution in [3.05, 3.63) is 53.8 Å². The van der Waals surface area contributed by atoms with E-state index in [-0.39, 0.29) is 23.3 Å². The maximum absolute atomic E-state index is 12.9. The molecule has 0 aliphatic carbocycles. The third kappa shape index (κ3) is 4.87. The first-order chi connectivity index (χ1) is 13.8. The average molecular weight is 420 g/mol. The topological polar surface area (TPSA) is 109 Å². The fraction of sp³-hybridized carbons (Fsp3) is 0.278. The quantitative estimate of drug-likeness (QED) is 0.599. The van der Waals surface area contributed by atoms with Crippen LogP contribution in [0.4, 0.5) is 9.18 Å². The maximum Gasteiger partial charge on any atom is 0.315 e. The number of sulfonamides is 1. The third-order valence-corrected chi connectivity index (χ3v) is 6.05. The van der Waals surface area contributed by atoms with Crippen molar-refractivity contribution in [3.63, 3.8) is 0 Å². The van der Waals surface area contributed by atoms with Crippen molar-refractivity contribution in [2.24, 2.45) is 0 Å². The van der Waals surface area contributed by atoms with E-state index in [1.165, 1.54) is 38.4 Å². The number of fused-ring (bicyclic) bond motifs is 1. The van der Waals surface area contributed by atoms with Gasteiger partial charge in [-0.25, -0.2) is 26.6 Å². The number of amides is 2. The van der Waals surface area contributed by atoms with Gasteiger partial charge in [0.25, 0.3) is 0 Å². The fourth-order valence-corrected chi connectivity index (χ4v) is 3.53. The standard InChI is InChI=1S/C18H21FN6O3S/c1-24(2)29(27,28)15-7-8-17-16(11-15)22-23-25(17)10-9-20-18(26)21-12-13-3-5-14(19)6-4-13/h3-8,11H,9-10,12H2,1-2H3,(H2,20,21,26). The van der Waals surface area contributed by atoms with E-state index in [4.69, 9.17) is 0 Å². The smallest absolute Gasteiger partial charge is 0.315 e. The lowest BCUT2D eigenvalue weighted by Crippen LogP contribution is -2.36. The molecule has 0 saturated carbocycles. The minimum Gasteiger partial charge on any atom is -0.336 e. The number of halogens is 1. The number of carbonyl (C=O) groups excluding carboxylic acids is 1. The minimum absolute atomic E-state index is 0.139. The van der Waals surface area contributed by atoms with Crippen LogP contribution in [0.2, 0.25) is 0 Å². The molecular weight excluding hydrogens is 399 g/mol. The van der Waals surface area contributed by atoms with Crippen molar-refractivity contribution < 1.29 is 17.6 Å². The van der Waals surface area contributed by atoms with Crippen LogP contribution in [0.1, 0.15) is 5.56 Å². The van der Waals surface area contributed by atoms with Gasteiger partial charge in [0.1, 0.15) is 11.3 Å². The second-order valence-electron chi connectivity index (χ2n) is 6.49. The monoisotopic (exact) mass is 420 g/mol. The lowest BCUT2D eigenvalue weighted by atomic mass is 10.2. The van der Waals surface area contributed by atoms with Gasteiger partial charge >= 0.3 is 6.03 Å². The largest absolute Gasteiger partial charge is 0.336 e. The molecule has 1 heterocycles. The van der Waals surface area contributed by atoms with Crippen molar-refractivity contribution >= 4 is 27.1 Å². The predicted molar refractivity (Wildman–Crippen MR) is 105 cm³/mol. The highest BCUT2D eigenvalue weighted by Gasteiger charge is 2.18. The summed E-state index contributed by atoms with van der Waals surface area (Å²) in [5.41, 5.74) is 1.90. The Morgan fingerprint density at radius 3 is 2.55 bits per heavy atom. The van der Waals surface area contributed by atoms with Gasteiger partial charge in [0, 0.05) is 27.2 Å². The molecule has 0 atom stereocenters. The van der Waals surface area contributed by atoms with Gasteiger partial charge in [-0.05, 0) is 35.9 Å². The van der Waals surface area contributed by atoms with Gasteiger partial charge in [0.2, 0.25) is 10.0 Å². The van der Waals surface area contributed by atoms with E-state index >= 15 is 0 Å². The summed E-state index contributed by atoms with van der Waals surface area (Å²) in [6.45, 7) is 0.938. The highest BCUT2D eigenvalue weighted by atomic mass is 32.2. The second-order valence-corrected chi connectivity index (χ2v) is 8.64. The third-order valence-electron chi connectivity index (χ3n) is 4.24. The van der Waals surface area contributed by atoms with Gasteiger partial charge in [0.15, 0.2) is 0 Å². The van der Waals surface area contributed by atoms with Gasteiger partial charge in [-0.15, -0.1) is 5.10 Å². The van der Waals surface area contributed by atoms with Gasteiger partial charge in [-0.3, -0.25) is 0 Å². The number of carbonyl (C=O) groups is 1. The number of hydrogen-bond donors (Lipinski definition) is 2. The molecule has 9 nitrogen and oxygen atoms in total. The van der Waals surface area contributed by atoms with Crippen LogP contribution in [0, 0.1) is 5.82 Å². The summed E-state index contributed by atoms with van der Waals surface area (Å²) in [6.07, 6.45) is 0. The van der Waals surface area contributed by atoms with Crippen LogP contribution in [-0.2, 0) is 23.1 Å². The number of rotatable bonds is 7. The summed E-state index contributed by atoms with van der Waals surface area (Å²) < 4.78 is 40.0. The average Bonchev–Trinajstić information content (AvgIpc) is 3.10. The van der Waals surface area contributed by atoms with E-state index in [1.54, 1.807) is 22.9 Å². The summed E-state index contributed by atoms with van der Waals surface area (Å²) in [5.74, 6) is -0.329. The Balaban J connectivity index is 1.55. The second kappa shape index (κ2) is 8.53. The molecule has 0 aliphatic rings. The molecule has 2 aromatic carbocycles. The molecule has 154 valence electrons. The van der Waals surface area contributed by atoms with Crippen LogP contribution < -0.4 is 10.6 Å². The first kappa shape index (κ1) is 20.7. The Bertz CT molecular complexity index is 1110. The number of urea groups is 1. The molecule has 0 fully saturated rings. The molecule has 0 spiro atoms. The van der Waals surface area contributed by atoms with Gasteiger partial charge in [0.05, 0.1) is 17.0 Å². The van der Waals surface area contributed by atoms with Gasteiger partial charge in [-0.2, -0.15) is 0 Å². The SMILES string of the molecule is CN(C)S(=O)(=O)c1ccc2c(c1)nnn2CCNC(=O)NCc1ccc(F)cc1. The lowest BCUT2D eigenvalue weighted by Gasteiger charge is -2.11. The van der Waals surface area contributed by atoms with Crippen molar-refractivity contribution in [2.75, 3.05) is 20.6 Å². The first-order valence-corrected chi connectivity index (χ1v) is 10.2. The molecule has 29 heavy (non-hydrogen) atoms. The molecule has 3 rings (SSSR count). The van der Waals surface area contributed by atoms with Crippen molar-refractivity contribution in [3.8, 4) is 0 Å². The summed E-state index contributed by atoms with van der Waals surface area (Å²) in [7, 11) is -0.626. The van der Waals surface area contributed by atoms with E-state index < -0.39 is 10.0 Å². The van der Waals surface area contributed by atoms with Crippen LogP contribution in [0.5, 0.6) is 0 Å². The number of nitrogens with one attached hydrogen (secondary N) is 2. The maximum atomic E-state index is 12.9. The Kier molecular flexibility index (Phi) is 6.09. The summed E-state index contributed by atoms with van der Waals surface area (Å²) in [6, 6.07) is 10.1. The molecule has 2 amide bonds. The van der Waals surface area contributed by atoms with E-state index in [0.717, 1.165) is 9.87 Å². The lowest BCUT2D eigenvalue weighted by molar-refractivity contribution is 0.240. The molecule has 0 saturated heterocycles. The van der Waals surface area contributed by atoms with E-state index in [0.29, 0.717) is 24.1 Å². The zero-order valence-electron chi connectivity index (χ0n) is 16.0. The molecule has 0 aliphatic heterocycles. The zero-order chi connectivity index (χ0) is 21.0. The predicted octanol–water partition coefficient (Wildman–Crippen LogP) is 1.32. The Morgan fingerprint density at radius 1 is 1.14 bits per heavy atom. The van der Waals surface area contributed by atoms with Gasteiger partial charge < -0.3 is 10.6 Å². The first-order valence-electron chi connectivity index (χ1n) is 8.79. The highest BCUT2D eigenvalue weighted by Crippen LogP contribution is 2.19. The molecule has 0 bridgehead atoms. The molecule has 2 N–H and O–H groups in total. The zero-order valence-corrected chi connectivity index (χ0v) is 16.8. The van der Waals surface area contributed by atoms with E-state index in [2.05, 4.69) is 20.9 Å². The van der Waals surface area contributed by atoms with Crippen molar-refractivity contribution in [1.29, 1.82) is 0 Å². The molecule has 3 aromatic rings. The van der Waals surface area contributed by atoms with Crippen molar-refractivity contribution in [2.45, 2.75) is 18.0 Å². The molecule has 11 heteroatoms. The molecular formula is C18H21FN6O3S. The van der Waals surface area contributed by atoms with Crippen molar-refractivity contribution in [1.82, 2.24) is 29.9 Å². The summed E-state index contributed by atoms with van der Waals surface area (Å²) in [4.78, 5) is 12.0. The Labute approximate surface area is 167 Å². The van der Waals surface area contributed by atoms with Crippen LogP contribution in [0.3, 0.4) is 0 Å². The minimum atomic E-state index is -3.55. The number of nitrogens with zero attached hydrogens (tertiary/aromatic N) is 4. The summed E-state index contributed by atoms with van der Waals surface area (Å²) >= 11 is 0. The van der Waals surface area contributed by atoms with Gasteiger partial charge in [-0.1, -0.05) is 17.3 Å². The van der Waals surface area contributed by atoms with Crippen LogP contribution in [0.15, 0.2) is 47.4 Å². The number of aromatic nitrogens is 3. The van der Waals surface area contributed by atoms with Crippen LogP contribution >= 0.6 is 0 Å². The normalized spacial score (nSPS) is 11.7. The number of hydrogen-bond acceptors (Lipinski definition) is 5. The molecule has 1 aromatic heterocycles. The number of benzene rings is 2. The van der Waals surface area contributed by atoms with Crippen LogP contribution in [0.25, 0.3) is 11.0 Å². The molecule has 0 unspecified atom stereocenters. The van der Waals surface area contributed by atoms with Crippen LogP contribution in [-0.4, -0.2) is 54.4 Å². The molecule has 0 radical (unpaired) electrons.